The molecule has 0 radical (unpaired) electrons. The van der Waals surface area contributed by atoms with E-state index in [4.69, 9.17) is 0 Å². The highest BCUT2D eigenvalue weighted by Gasteiger charge is 2.15. The molecule has 3 nitrogen and oxygen atoms in total. The third-order valence-electron chi connectivity index (χ3n) is 4.87. The van der Waals surface area contributed by atoms with Crippen molar-refractivity contribution in [2.45, 2.75) is 26.2 Å². The molecule has 0 aliphatic carbocycles. The molecule has 2 N–H and O–H groups in total. The number of benzene rings is 3. The Morgan fingerprint density at radius 3 is 1.70 bits per heavy atom. The summed E-state index contributed by atoms with van der Waals surface area (Å²) in [7, 11) is -1.46. The van der Waals surface area contributed by atoms with Crippen LogP contribution in [0.25, 0.3) is 0 Å². The summed E-state index contributed by atoms with van der Waals surface area (Å²) < 4.78 is 1.03. The third-order valence-corrected chi connectivity index (χ3v) is 5.40. The molecule has 5 heteroatoms. The maximum atomic E-state index is 9.36. The highest BCUT2D eigenvalue weighted by molar-refractivity contribution is 9.10. The Kier molecular flexibility index (Phi) is 6.37. The Balaban J connectivity index is 2.03. The number of nitrogens with zero attached hydrogens (tertiary/aromatic N) is 1. The van der Waals surface area contributed by atoms with Crippen LogP contribution >= 0.6 is 15.9 Å². The summed E-state index contributed by atoms with van der Waals surface area (Å²) in [6.07, 6.45) is 1.11. The number of halogens is 1. The van der Waals surface area contributed by atoms with Crippen molar-refractivity contribution in [1.29, 1.82) is 0 Å². The summed E-state index contributed by atoms with van der Waals surface area (Å²) in [5, 5.41) is 18.7. The minimum atomic E-state index is -1.46. The van der Waals surface area contributed by atoms with Crippen LogP contribution in [-0.4, -0.2) is 17.2 Å². The number of hydrogen-bond donors (Lipinski definition) is 2. The van der Waals surface area contributed by atoms with Crippen LogP contribution in [0.2, 0.25) is 0 Å². The molecule has 27 heavy (non-hydrogen) atoms. The maximum absolute atomic E-state index is 9.36. The smallest absolute Gasteiger partial charge is 0.423 e. The lowest BCUT2D eigenvalue weighted by Crippen LogP contribution is -2.29. The molecule has 0 saturated heterocycles. The average molecular weight is 424 g/mol. The molecule has 0 aliphatic heterocycles. The quantitative estimate of drug-likeness (QED) is 0.541. The summed E-state index contributed by atoms with van der Waals surface area (Å²) in [6.45, 7) is 4.43. The Morgan fingerprint density at radius 1 is 0.815 bits per heavy atom. The first-order valence-electron chi connectivity index (χ1n) is 9.11. The van der Waals surface area contributed by atoms with Crippen LogP contribution in [0, 0.1) is 0 Å². The first kappa shape index (κ1) is 19.7. The Bertz CT molecular complexity index is 864. The summed E-state index contributed by atoms with van der Waals surface area (Å²) in [5.74, 6) is 0.533. The zero-order chi connectivity index (χ0) is 19.4. The summed E-state index contributed by atoms with van der Waals surface area (Å²) >= 11 is 3.49. The minimum absolute atomic E-state index is 0.474. The van der Waals surface area contributed by atoms with E-state index in [0.717, 1.165) is 28.0 Å². The van der Waals surface area contributed by atoms with Crippen molar-refractivity contribution in [3.8, 4) is 0 Å². The topological polar surface area (TPSA) is 43.7 Å². The van der Waals surface area contributed by atoms with Gasteiger partial charge in [-0.1, -0.05) is 54.0 Å². The first-order valence-corrected chi connectivity index (χ1v) is 9.90. The van der Waals surface area contributed by atoms with E-state index in [1.807, 2.05) is 24.3 Å². The second-order valence-electron chi connectivity index (χ2n) is 6.68. The molecule has 0 heterocycles. The summed E-state index contributed by atoms with van der Waals surface area (Å²) in [4.78, 5) is 2.15. The van der Waals surface area contributed by atoms with Gasteiger partial charge in [0.15, 0.2) is 0 Å². The van der Waals surface area contributed by atoms with Gasteiger partial charge in [-0.05, 0) is 71.9 Å². The van der Waals surface area contributed by atoms with E-state index >= 15 is 0 Å². The fourth-order valence-corrected chi connectivity index (χ4v) is 3.28. The molecular formula is C22H23BBrNO2. The highest BCUT2D eigenvalue weighted by atomic mass is 79.9. The molecular weight excluding hydrogens is 401 g/mol. The predicted octanol–water partition coefficient (Wildman–Crippen LogP) is 5.11. The zero-order valence-electron chi connectivity index (χ0n) is 15.5. The van der Waals surface area contributed by atoms with Gasteiger partial charge in [0.25, 0.3) is 0 Å². The Labute approximate surface area is 169 Å². The second-order valence-corrected chi connectivity index (χ2v) is 7.59. The molecule has 0 bridgehead atoms. The number of hydrogen-bond acceptors (Lipinski definition) is 3. The van der Waals surface area contributed by atoms with Crippen LogP contribution in [0.1, 0.15) is 31.7 Å². The molecule has 3 aromatic carbocycles. The fourth-order valence-electron chi connectivity index (χ4n) is 3.02. The number of rotatable bonds is 6. The molecule has 3 aromatic rings. The third kappa shape index (κ3) is 4.61. The van der Waals surface area contributed by atoms with Crippen molar-refractivity contribution in [3.05, 3.63) is 82.8 Å². The molecule has 0 amide bonds. The van der Waals surface area contributed by atoms with E-state index in [0.29, 0.717) is 11.4 Å². The van der Waals surface area contributed by atoms with E-state index in [1.165, 1.54) is 5.56 Å². The van der Waals surface area contributed by atoms with Crippen LogP contribution in [0.4, 0.5) is 17.1 Å². The van der Waals surface area contributed by atoms with Gasteiger partial charge in [-0.15, -0.1) is 0 Å². The number of anilines is 3. The molecule has 1 atom stereocenters. The molecule has 138 valence electrons. The fraction of sp³-hybridized carbons (Fsp3) is 0.182. The molecule has 3 rings (SSSR count). The molecule has 0 fully saturated rings. The first-order chi connectivity index (χ1) is 13.0. The average Bonchev–Trinajstić information content (AvgIpc) is 2.70. The van der Waals surface area contributed by atoms with Gasteiger partial charge in [0.2, 0.25) is 0 Å². The van der Waals surface area contributed by atoms with Crippen molar-refractivity contribution < 1.29 is 10.0 Å². The Morgan fingerprint density at radius 2 is 1.26 bits per heavy atom. The van der Waals surface area contributed by atoms with Crippen molar-refractivity contribution in [2.24, 2.45) is 0 Å². The van der Waals surface area contributed by atoms with Crippen LogP contribution < -0.4 is 10.4 Å². The van der Waals surface area contributed by atoms with E-state index in [9.17, 15) is 10.0 Å². The van der Waals surface area contributed by atoms with Crippen LogP contribution in [0.3, 0.4) is 0 Å². The molecule has 0 aliphatic rings. The van der Waals surface area contributed by atoms with Crippen molar-refractivity contribution in [1.82, 2.24) is 0 Å². The van der Waals surface area contributed by atoms with Gasteiger partial charge >= 0.3 is 7.12 Å². The van der Waals surface area contributed by atoms with Crippen LogP contribution in [0.5, 0.6) is 0 Å². The van der Waals surface area contributed by atoms with Gasteiger partial charge in [-0.2, -0.15) is 0 Å². The monoisotopic (exact) mass is 423 g/mol. The van der Waals surface area contributed by atoms with Crippen molar-refractivity contribution in [3.63, 3.8) is 0 Å². The van der Waals surface area contributed by atoms with Crippen molar-refractivity contribution in [2.75, 3.05) is 4.90 Å². The molecule has 1 unspecified atom stereocenters. The van der Waals surface area contributed by atoms with Crippen LogP contribution in [0.15, 0.2) is 77.3 Å². The zero-order valence-corrected chi connectivity index (χ0v) is 17.1. The molecule has 0 spiro atoms. The van der Waals surface area contributed by atoms with E-state index in [-0.39, 0.29) is 0 Å². The van der Waals surface area contributed by atoms with Gasteiger partial charge in [-0.3, -0.25) is 0 Å². The van der Waals surface area contributed by atoms with Gasteiger partial charge in [0.1, 0.15) is 0 Å². The largest absolute Gasteiger partial charge is 0.488 e. The van der Waals surface area contributed by atoms with E-state index < -0.39 is 7.12 Å². The van der Waals surface area contributed by atoms with Gasteiger partial charge in [0, 0.05) is 21.5 Å². The van der Waals surface area contributed by atoms with Crippen molar-refractivity contribution >= 4 is 45.6 Å². The van der Waals surface area contributed by atoms with Gasteiger partial charge in [-0.25, -0.2) is 0 Å². The van der Waals surface area contributed by atoms with Crippen LogP contribution in [-0.2, 0) is 0 Å². The lowest BCUT2D eigenvalue weighted by molar-refractivity contribution is 0.426. The van der Waals surface area contributed by atoms with E-state index in [1.54, 1.807) is 12.1 Å². The minimum Gasteiger partial charge on any atom is -0.423 e. The lowest BCUT2D eigenvalue weighted by Gasteiger charge is -2.26. The van der Waals surface area contributed by atoms with E-state index in [2.05, 4.69) is 71.1 Å². The molecule has 0 saturated carbocycles. The lowest BCUT2D eigenvalue weighted by atomic mass is 9.80. The summed E-state index contributed by atoms with van der Waals surface area (Å²) in [6, 6.07) is 24.1. The predicted molar refractivity (Wildman–Crippen MR) is 117 cm³/mol. The second kappa shape index (κ2) is 8.74. The Hall–Kier alpha value is -2.08. The van der Waals surface area contributed by atoms with Gasteiger partial charge < -0.3 is 14.9 Å². The molecule has 0 aromatic heterocycles. The SMILES string of the molecule is CCC(C)c1ccc(N(c2ccc(Br)cc2)c2ccc(B(O)O)cc2)cc1. The van der Waals surface area contributed by atoms with Gasteiger partial charge in [0.05, 0.1) is 0 Å². The normalized spacial score (nSPS) is 11.9. The standard InChI is InChI=1S/C22H23BBrNO2/c1-3-16(2)17-4-10-20(11-5-17)25(22-14-8-19(24)9-15-22)21-12-6-18(7-13-21)23(26)27/h4-16,26-27H,3H2,1-2H3. The maximum Gasteiger partial charge on any atom is 0.488 e. The highest BCUT2D eigenvalue weighted by Crippen LogP contribution is 2.35. The summed E-state index contributed by atoms with van der Waals surface area (Å²) in [5.41, 5.74) is 4.85.